The number of aliphatic hydroxyl groups excluding tert-OH is 1. The van der Waals surface area contributed by atoms with E-state index in [0.717, 1.165) is 0 Å². The number of amides is 1. The first-order valence-electron chi connectivity index (χ1n) is 8.04. The molecular formula is C18H26N2O4. The average Bonchev–Trinajstić information content (AvgIpc) is 2.98. The molecule has 6 nitrogen and oxygen atoms in total. The van der Waals surface area contributed by atoms with Gasteiger partial charge in [-0.15, -0.1) is 0 Å². The molecule has 6 heteroatoms. The molecule has 0 spiro atoms. The maximum absolute atomic E-state index is 12.8. The van der Waals surface area contributed by atoms with E-state index < -0.39 is 23.1 Å². The smallest absolute Gasteiger partial charge is 0.290 e. The molecule has 2 rings (SSSR count). The van der Waals surface area contributed by atoms with Gasteiger partial charge in [-0.2, -0.15) is 0 Å². The zero-order valence-corrected chi connectivity index (χ0v) is 15.2. The predicted molar refractivity (Wildman–Crippen MR) is 90.6 cm³/mol. The van der Waals surface area contributed by atoms with Gasteiger partial charge in [-0.3, -0.25) is 9.59 Å². The van der Waals surface area contributed by atoms with Crippen molar-refractivity contribution in [1.29, 1.82) is 0 Å². The van der Waals surface area contributed by atoms with Gasteiger partial charge >= 0.3 is 0 Å². The molecule has 1 unspecified atom stereocenters. The number of rotatable bonds is 5. The Kier molecular flexibility index (Phi) is 4.90. The van der Waals surface area contributed by atoms with Gasteiger partial charge in [0, 0.05) is 18.5 Å². The lowest BCUT2D eigenvalue weighted by molar-refractivity contribution is -0.129. The van der Waals surface area contributed by atoms with Crippen LogP contribution < -0.4 is 0 Å². The molecule has 24 heavy (non-hydrogen) atoms. The van der Waals surface area contributed by atoms with Gasteiger partial charge in [-0.05, 0) is 33.2 Å². The second kappa shape index (κ2) is 6.43. The molecule has 1 amide bonds. The van der Waals surface area contributed by atoms with Gasteiger partial charge in [-0.25, -0.2) is 0 Å². The third-order valence-corrected chi connectivity index (χ3v) is 4.05. The molecule has 1 aliphatic rings. The fourth-order valence-electron chi connectivity index (χ4n) is 2.72. The van der Waals surface area contributed by atoms with Gasteiger partial charge in [0.2, 0.25) is 0 Å². The number of furan rings is 1. The number of nitrogens with zero attached hydrogens (tertiary/aromatic N) is 2. The van der Waals surface area contributed by atoms with Crippen molar-refractivity contribution in [3.05, 3.63) is 35.0 Å². The van der Waals surface area contributed by atoms with Crippen LogP contribution in [0.2, 0.25) is 0 Å². The zero-order chi connectivity index (χ0) is 18.2. The van der Waals surface area contributed by atoms with Crippen molar-refractivity contribution in [2.75, 3.05) is 27.2 Å². The quantitative estimate of drug-likeness (QED) is 0.895. The van der Waals surface area contributed by atoms with Crippen molar-refractivity contribution in [1.82, 2.24) is 9.80 Å². The Labute approximate surface area is 142 Å². The van der Waals surface area contributed by atoms with Gasteiger partial charge < -0.3 is 19.3 Å². The molecule has 1 atom stereocenters. The predicted octanol–water partition coefficient (Wildman–Crippen LogP) is 2.46. The Morgan fingerprint density at radius 1 is 1.33 bits per heavy atom. The first-order chi connectivity index (χ1) is 11.0. The largest absolute Gasteiger partial charge is 0.503 e. The van der Waals surface area contributed by atoms with Crippen LogP contribution in [-0.4, -0.2) is 53.8 Å². The minimum absolute atomic E-state index is 0.126. The van der Waals surface area contributed by atoms with Crippen LogP contribution in [0.3, 0.4) is 0 Å². The Hall–Kier alpha value is -2.08. The van der Waals surface area contributed by atoms with E-state index in [2.05, 4.69) is 0 Å². The monoisotopic (exact) mass is 334 g/mol. The van der Waals surface area contributed by atoms with E-state index in [1.807, 2.05) is 19.0 Å². The van der Waals surface area contributed by atoms with E-state index in [9.17, 15) is 14.7 Å². The Bertz CT molecular complexity index is 679. The topological polar surface area (TPSA) is 74.0 Å². The van der Waals surface area contributed by atoms with E-state index >= 15 is 0 Å². The van der Waals surface area contributed by atoms with Crippen LogP contribution in [0.5, 0.6) is 0 Å². The first-order valence-corrected chi connectivity index (χ1v) is 8.04. The van der Waals surface area contributed by atoms with Crippen molar-refractivity contribution < 1.29 is 19.1 Å². The maximum Gasteiger partial charge on any atom is 0.290 e. The van der Waals surface area contributed by atoms with Crippen molar-refractivity contribution in [3.8, 4) is 0 Å². The highest BCUT2D eigenvalue weighted by Gasteiger charge is 2.47. The highest BCUT2D eigenvalue weighted by molar-refractivity contribution is 6.10. The number of hydrogen-bond acceptors (Lipinski definition) is 5. The molecule has 0 aliphatic carbocycles. The maximum atomic E-state index is 12.8. The molecule has 1 aromatic heterocycles. The fraction of sp³-hybridized carbons (Fsp3) is 0.556. The Morgan fingerprint density at radius 3 is 2.42 bits per heavy atom. The summed E-state index contributed by atoms with van der Waals surface area (Å²) in [6, 6.07) is 2.86. The second-order valence-corrected chi connectivity index (χ2v) is 7.49. The summed E-state index contributed by atoms with van der Waals surface area (Å²) >= 11 is 0. The highest BCUT2D eigenvalue weighted by atomic mass is 16.3. The summed E-state index contributed by atoms with van der Waals surface area (Å²) in [5.41, 5.74) is -0.582. The van der Waals surface area contributed by atoms with E-state index in [1.165, 1.54) is 4.90 Å². The Balaban J connectivity index is 2.49. The summed E-state index contributed by atoms with van der Waals surface area (Å²) in [5, 5.41) is 10.4. The zero-order valence-electron chi connectivity index (χ0n) is 15.2. The molecule has 2 heterocycles. The van der Waals surface area contributed by atoms with Crippen LogP contribution >= 0.6 is 0 Å². The van der Waals surface area contributed by atoms with Crippen LogP contribution in [0.25, 0.3) is 0 Å². The fourth-order valence-corrected chi connectivity index (χ4v) is 2.72. The number of likely N-dealkylation sites (N-methyl/N-ethyl adjacent to an activating group) is 1. The molecule has 0 aromatic carbocycles. The number of aryl methyl sites for hydroxylation is 1. The second-order valence-electron chi connectivity index (χ2n) is 7.49. The van der Waals surface area contributed by atoms with Crippen LogP contribution in [0.15, 0.2) is 27.9 Å². The number of carbonyl (C=O) groups is 2. The lowest BCUT2D eigenvalue weighted by Crippen LogP contribution is -2.37. The van der Waals surface area contributed by atoms with Gasteiger partial charge in [-0.1, -0.05) is 20.8 Å². The molecule has 132 valence electrons. The molecular weight excluding hydrogens is 308 g/mol. The lowest BCUT2D eigenvalue weighted by Gasteiger charge is -2.28. The minimum Gasteiger partial charge on any atom is -0.503 e. The molecule has 0 saturated heterocycles. The van der Waals surface area contributed by atoms with E-state index in [-0.39, 0.29) is 11.4 Å². The molecule has 0 fully saturated rings. The number of ketones is 1. The summed E-state index contributed by atoms with van der Waals surface area (Å²) < 4.78 is 5.69. The lowest BCUT2D eigenvalue weighted by atomic mass is 9.83. The van der Waals surface area contributed by atoms with Gasteiger partial charge in [0.05, 0.1) is 5.57 Å². The van der Waals surface area contributed by atoms with Crippen molar-refractivity contribution >= 4 is 11.7 Å². The summed E-state index contributed by atoms with van der Waals surface area (Å²) in [7, 11) is 3.81. The Morgan fingerprint density at radius 2 is 1.96 bits per heavy atom. The first kappa shape index (κ1) is 18.3. The molecule has 1 N–H and O–H groups in total. The van der Waals surface area contributed by atoms with Crippen molar-refractivity contribution in [2.45, 2.75) is 33.7 Å². The number of hydrogen-bond donors (Lipinski definition) is 1. The van der Waals surface area contributed by atoms with Crippen LogP contribution in [0, 0.1) is 12.3 Å². The van der Waals surface area contributed by atoms with Gasteiger partial charge in [0.25, 0.3) is 5.91 Å². The third kappa shape index (κ3) is 3.38. The number of aliphatic hydroxyl groups is 1. The molecule has 0 radical (unpaired) electrons. The summed E-state index contributed by atoms with van der Waals surface area (Å²) in [4.78, 5) is 28.9. The number of carbonyl (C=O) groups excluding carboxylic acids is 2. The molecule has 0 bridgehead atoms. The normalized spacial score (nSPS) is 18.9. The van der Waals surface area contributed by atoms with Crippen molar-refractivity contribution in [2.24, 2.45) is 5.41 Å². The van der Waals surface area contributed by atoms with E-state index in [1.54, 1.807) is 39.8 Å². The molecule has 1 aliphatic heterocycles. The van der Waals surface area contributed by atoms with E-state index in [0.29, 0.717) is 24.6 Å². The minimum atomic E-state index is -0.707. The summed E-state index contributed by atoms with van der Waals surface area (Å²) in [6.07, 6.45) is 0. The van der Waals surface area contributed by atoms with Crippen LogP contribution in [-0.2, 0) is 9.59 Å². The standard InChI is InChI=1S/C18H26N2O4/c1-11-7-8-12(24-11)14-13(16(22)18(2,3)4)15(21)17(23)20(14)10-9-19(5)6/h7-8,14,21H,9-10H2,1-6H3. The van der Waals surface area contributed by atoms with E-state index in [4.69, 9.17) is 4.42 Å². The molecule has 0 saturated carbocycles. The van der Waals surface area contributed by atoms with Crippen LogP contribution in [0.4, 0.5) is 0 Å². The highest BCUT2D eigenvalue weighted by Crippen LogP contribution is 2.41. The van der Waals surface area contributed by atoms with Gasteiger partial charge in [0.15, 0.2) is 11.5 Å². The summed E-state index contributed by atoms with van der Waals surface area (Å²) in [5.74, 6) is -0.0498. The van der Waals surface area contributed by atoms with Crippen LogP contribution in [0.1, 0.15) is 38.3 Å². The SMILES string of the molecule is Cc1ccc(C2C(C(=O)C(C)(C)C)=C(O)C(=O)N2CCN(C)C)o1. The average molecular weight is 334 g/mol. The summed E-state index contributed by atoms with van der Waals surface area (Å²) in [6.45, 7) is 8.12. The third-order valence-electron chi connectivity index (χ3n) is 4.05. The van der Waals surface area contributed by atoms with Crippen molar-refractivity contribution in [3.63, 3.8) is 0 Å². The number of Topliss-reactive ketones (excluding diaryl/α,β-unsaturated/α-hetero) is 1. The molecule has 1 aromatic rings. The van der Waals surface area contributed by atoms with Gasteiger partial charge in [0.1, 0.15) is 17.6 Å².